The van der Waals surface area contributed by atoms with E-state index in [1.54, 1.807) is 36.4 Å². The minimum atomic E-state index is -0.931. The Balaban J connectivity index is 1.94. The lowest BCUT2D eigenvalue weighted by Gasteiger charge is -2.13. The number of nitrogens with one attached hydrogen (secondary N) is 1. The molecule has 122 valence electrons. The molecule has 0 aromatic heterocycles. The molecule has 0 unspecified atom stereocenters. The predicted octanol–water partition coefficient (Wildman–Crippen LogP) is 3.30. The number of hydrogen-bond acceptors (Lipinski definition) is 4. The maximum Gasteiger partial charge on any atom is 0.338 e. The minimum absolute atomic E-state index is 0.408. The largest absolute Gasteiger partial charge is 0.449 e. The number of amides is 1. The number of benzene rings is 2. The summed E-state index contributed by atoms with van der Waals surface area (Å²) in [5, 5.41) is 11.4. The fraction of sp³-hybridized carbons (Fsp3) is 0.211. The second-order valence-electron chi connectivity index (χ2n) is 5.28. The molecule has 1 atom stereocenters. The molecule has 0 saturated carbocycles. The third-order valence-electron chi connectivity index (χ3n) is 3.53. The van der Waals surface area contributed by atoms with Gasteiger partial charge in [0.25, 0.3) is 5.91 Å². The maximum absolute atomic E-state index is 12.1. The fourth-order valence-corrected chi connectivity index (χ4v) is 2.03. The van der Waals surface area contributed by atoms with E-state index in [9.17, 15) is 9.59 Å². The Morgan fingerprint density at radius 3 is 2.29 bits per heavy atom. The quantitative estimate of drug-likeness (QED) is 0.857. The number of carbonyl (C=O) groups excluding carboxylic acids is 2. The van der Waals surface area contributed by atoms with Crippen LogP contribution < -0.4 is 5.32 Å². The van der Waals surface area contributed by atoms with E-state index in [0.29, 0.717) is 16.8 Å². The summed E-state index contributed by atoms with van der Waals surface area (Å²) < 4.78 is 5.19. The Morgan fingerprint density at radius 2 is 1.75 bits per heavy atom. The molecule has 0 fully saturated rings. The van der Waals surface area contributed by atoms with Crippen molar-refractivity contribution in [3.63, 3.8) is 0 Å². The molecule has 5 nitrogen and oxygen atoms in total. The van der Waals surface area contributed by atoms with Crippen LogP contribution in [0.4, 0.5) is 5.69 Å². The molecule has 1 amide bonds. The number of rotatable bonds is 5. The molecule has 5 heteroatoms. The van der Waals surface area contributed by atoms with Gasteiger partial charge in [-0.3, -0.25) is 4.79 Å². The van der Waals surface area contributed by atoms with E-state index in [2.05, 4.69) is 5.32 Å². The van der Waals surface area contributed by atoms with Gasteiger partial charge < -0.3 is 10.1 Å². The molecular formula is C19H18N2O3. The van der Waals surface area contributed by atoms with Gasteiger partial charge in [0.2, 0.25) is 0 Å². The van der Waals surface area contributed by atoms with Gasteiger partial charge in [-0.05, 0) is 55.3 Å². The fourth-order valence-electron chi connectivity index (χ4n) is 2.03. The highest BCUT2D eigenvalue weighted by atomic mass is 16.5. The lowest BCUT2D eigenvalue weighted by atomic mass is 10.1. The summed E-state index contributed by atoms with van der Waals surface area (Å²) in [5.74, 6) is -0.974. The molecule has 0 spiro atoms. The van der Waals surface area contributed by atoms with Crippen LogP contribution in [0.15, 0.2) is 48.5 Å². The van der Waals surface area contributed by atoms with Crippen LogP contribution in [0, 0.1) is 11.3 Å². The highest BCUT2D eigenvalue weighted by molar-refractivity contribution is 5.97. The molecule has 0 aliphatic rings. The van der Waals surface area contributed by atoms with Gasteiger partial charge in [0.1, 0.15) is 0 Å². The van der Waals surface area contributed by atoms with Gasteiger partial charge in [0.05, 0.1) is 17.2 Å². The average molecular weight is 322 g/mol. The third-order valence-corrected chi connectivity index (χ3v) is 3.53. The number of anilines is 1. The van der Waals surface area contributed by atoms with Gasteiger partial charge in [-0.2, -0.15) is 5.26 Å². The van der Waals surface area contributed by atoms with Crippen LogP contribution in [0.25, 0.3) is 0 Å². The summed E-state index contributed by atoms with van der Waals surface area (Å²) in [4.78, 5) is 24.1. The van der Waals surface area contributed by atoms with Crippen molar-refractivity contribution in [3.8, 4) is 6.07 Å². The first-order valence-electron chi connectivity index (χ1n) is 7.64. The van der Waals surface area contributed by atoms with E-state index in [-0.39, 0.29) is 0 Å². The van der Waals surface area contributed by atoms with Gasteiger partial charge in [-0.1, -0.05) is 19.1 Å². The monoisotopic (exact) mass is 322 g/mol. The van der Waals surface area contributed by atoms with Crippen molar-refractivity contribution in [1.29, 1.82) is 5.26 Å². The van der Waals surface area contributed by atoms with Gasteiger partial charge in [0, 0.05) is 5.69 Å². The zero-order chi connectivity index (χ0) is 17.5. The molecule has 0 aliphatic heterocycles. The lowest BCUT2D eigenvalue weighted by molar-refractivity contribution is -0.123. The summed E-state index contributed by atoms with van der Waals surface area (Å²) in [5.41, 5.74) is 2.57. The number of ether oxygens (including phenoxy) is 1. The van der Waals surface area contributed by atoms with Crippen LogP contribution in [0.1, 0.15) is 35.3 Å². The average Bonchev–Trinajstić information content (AvgIpc) is 2.62. The zero-order valence-corrected chi connectivity index (χ0v) is 13.6. The molecule has 0 radical (unpaired) electrons. The van der Waals surface area contributed by atoms with Gasteiger partial charge in [-0.25, -0.2) is 4.79 Å². The number of hydrogen-bond donors (Lipinski definition) is 1. The van der Waals surface area contributed by atoms with E-state index in [4.69, 9.17) is 10.00 Å². The Morgan fingerprint density at radius 1 is 1.12 bits per heavy atom. The highest BCUT2D eigenvalue weighted by Crippen LogP contribution is 2.11. The Hall–Kier alpha value is -3.13. The van der Waals surface area contributed by atoms with Crippen molar-refractivity contribution in [1.82, 2.24) is 0 Å². The molecule has 24 heavy (non-hydrogen) atoms. The SMILES string of the molecule is CCc1ccc(C(=O)O[C@H](C)C(=O)Nc2ccc(C#N)cc2)cc1. The van der Waals surface area contributed by atoms with Gasteiger partial charge in [-0.15, -0.1) is 0 Å². The first-order chi connectivity index (χ1) is 11.5. The first kappa shape index (κ1) is 17.2. The lowest BCUT2D eigenvalue weighted by Crippen LogP contribution is -2.30. The molecular weight excluding hydrogens is 304 g/mol. The van der Waals surface area contributed by atoms with Crippen LogP contribution in [-0.2, 0) is 16.0 Å². The van der Waals surface area contributed by atoms with E-state index in [1.165, 1.54) is 6.92 Å². The number of nitrogens with zero attached hydrogens (tertiary/aromatic N) is 1. The van der Waals surface area contributed by atoms with Crippen LogP contribution in [0.5, 0.6) is 0 Å². The first-order valence-corrected chi connectivity index (χ1v) is 7.64. The van der Waals surface area contributed by atoms with Crippen molar-refractivity contribution < 1.29 is 14.3 Å². The number of esters is 1. The molecule has 0 aliphatic carbocycles. The summed E-state index contributed by atoms with van der Waals surface area (Å²) in [6.07, 6.45) is -0.0439. The van der Waals surface area contributed by atoms with Crippen molar-refractivity contribution in [2.24, 2.45) is 0 Å². The van der Waals surface area contributed by atoms with E-state index in [1.807, 2.05) is 25.1 Å². The second-order valence-corrected chi connectivity index (χ2v) is 5.28. The van der Waals surface area contributed by atoms with Gasteiger partial charge in [0.15, 0.2) is 6.10 Å². The van der Waals surface area contributed by atoms with E-state index < -0.39 is 18.0 Å². The molecule has 0 heterocycles. The van der Waals surface area contributed by atoms with Gasteiger partial charge >= 0.3 is 5.97 Å². The molecule has 0 bridgehead atoms. The maximum atomic E-state index is 12.1. The van der Waals surface area contributed by atoms with Crippen LogP contribution in [0.2, 0.25) is 0 Å². The van der Waals surface area contributed by atoms with Crippen LogP contribution in [0.3, 0.4) is 0 Å². The highest BCUT2D eigenvalue weighted by Gasteiger charge is 2.19. The summed E-state index contributed by atoms with van der Waals surface area (Å²) in [7, 11) is 0. The molecule has 0 saturated heterocycles. The molecule has 2 rings (SSSR count). The Labute approximate surface area is 140 Å². The molecule has 2 aromatic carbocycles. The smallest absolute Gasteiger partial charge is 0.338 e. The zero-order valence-electron chi connectivity index (χ0n) is 13.6. The molecule has 1 N–H and O–H groups in total. The number of nitriles is 1. The normalized spacial score (nSPS) is 11.2. The van der Waals surface area contributed by atoms with E-state index >= 15 is 0 Å². The molecule has 2 aromatic rings. The topological polar surface area (TPSA) is 79.2 Å². The third kappa shape index (κ3) is 4.43. The van der Waals surface area contributed by atoms with Crippen LogP contribution >= 0.6 is 0 Å². The van der Waals surface area contributed by atoms with Crippen molar-refractivity contribution in [2.45, 2.75) is 26.4 Å². The van der Waals surface area contributed by atoms with Crippen LogP contribution in [-0.4, -0.2) is 18.0 Å². The summed E-state index contributed by atoms with van der Waals surface area (Å²) >= 11 is 0. The standard InChI is InChI=1S/C19H18N2O3/c1-3-14-4-8-16(9-5-14)19(23)24-13(2)18(22)21-17-10-6-15(12-20)7-11-17/h4-11,13H,3H2,1-2H3,(H,21,22)/t13-/m1/s1. The predicted molar refractivity (Wildman–Crippen MR) is 90.5 cm³/mol. The second kappa shape index (κ2) is 7.93. The van der Waals surface area contributed by atoms with Crippen molar-refractivity contribution in [2.75, 3.05) is 5.32 Å². The number of aryl methyl sites for hydroxylation is 1. The van der Waals surface area contributed by atoms with Crippen molar-refractivity contribution in [3.05, 3.63) is 65.2 Å². The summed E-state index contributed by atoms with van der Waals surface area (Å²) in [6.45, 7) is 3.54. The summed E-state index contributed by atoms with van der Waals surface area (Å²) in [6, 6.07) is 15.5. The number of carbonyl (C=O) groups is 2. The van der Waals surface area contributed by atoms with E-state index in [0.717, 1.165) is 12.0 Å². The Bertz CT molecular complexity index is 759. The minimum Gasteiger partial charge on any atom is -0.449 e. The Kier molecular flexibility index (Phi) is 5.69. The van der Waals surface area contributed by atoms with Crippen molar-refractivity contribution >= 4 is 17.6 Å².